The van der Waals surface area contributed by atoms with E-state index in [1.807, 2.05) is 0 Å². The Hall–Kier alpha value is -3.10. The number of amides is 3. The number of hydrogen-bond acceptors (Lipinski definition) is 3. The summed E-state index contributed by atoms with van der Waals surface area (Å²) >= 11 is 9.49. The van der Waals surface area contributed by atoms with Crippen LogP contribution in [0.2, 0.25) is 5.02 Å². The minimum absolute atomic E-state index is 0.128. The van der Waals surface area contributed by atoms with E-state index in [1.54, 1.807) is 48.5 Å². The first-order valence-electron chi connectivity index (χ1n) is 8.47. The first-order chi connectivity index (χ1) is 13.9. The topological polar surface area (TPSA) is 92.2 Å². The fourth-order valence-corrected chi connectivity index (χ4v) is 3.18. The van der Waals surface area contributed by atoms with Crippen molar-refractivity contribution in [1.29, 1.82) is 0 Å². The number of para-hydroxylation sites is 1. The van der Waals surface area contributed by atoms with Gasteiger partial charge in [0.05, 0.1) is 16.2 Å². The van der Waals surface area contributed by atoms with Gasteiger partial charge < -0.3 is 10.6 Å². The van der Waals surface area contributed by atoms with Crippen LogP contribution in [0.5, 0.6) is 0 Å². The quantitative estimate of drug-likeness (QED) is 0.388. The Morgan fingerprint density at radius 3 is 2.59 bits per heavy atom. The van der Waals surface area contributed by atoms with Crippen molar-refractivity contribution in [2.24, 2.45) is 0 Å². The number of aromatic nitrogens is 1. The lowest BCUT2D eigenvalue weighted by Gasteiger charge is -2.13. The summed E-state index contributed by atoms with van der Waals surface area (Å²) in [4.78, 5) is 37.1. The Bertz CT molecular complexity index is 1130. The summed E-state index contributed by atoms with van der Waals surface area (Å²) in [7, 11) is 0. The molecule has 0 saturated heterocycles. The third-order valence-electron chi connectivity index (χ3n) is 3.94. The maximum atomic E-state index is 12.9. The van der Waals surface area contributed by atoms with Crippen LogP contribution in [-0.4, -0.2) is 28.9 Å². The molecule has 0 aliphatic carbocycles. The van der Waals surface area contributed by atoms with Crippen molar-refractivity contribution < 1.29 is 14.4 Å². The van der Waals surface area contributed by atoms with Crippen molar-refractivity contribution in [3.63, 3.8) is 0 Å². The highest BCUT2D eigenvalue weighted by Crippen LogP contribution is 2.25. The van der Waals surface area contributed by atoms with Gasteiger partial charge in [0, 0.05) is 16.4 Å². The van der Waals surface area contributed by atoms with Crippen LogP contribution in [-0.2, 0) is 9.59 Å². The minimum atomic E-state index is -0.918. The van der Waals surface area contributed by atoms with Crippen LogP contribution in [0.25, 0.3) is 10.9 Å². The predicted octanol–water partition coefficient (Wildman–Crippen LogP) is 3.68. The van der Waals surface area contributed by atoms with Gasteiger partial charge in [0.15, 0.2) is 0 Å². The van der Waals surface area contributed by atoms with Gasteiger partial charge in [0.2, 0.25) is 0 Å². The second-order valence-corrected chi connectivity index (χ2v) is 7.26. The molecule has 0 spiro atoms. The molecular formula is C20H16BrClN4O3. The molecule has 0 bridgehead atoms. The van der Waals surface area contributed by atoms with E-state index in [4.69, 9.17) is 11.6 Å². The van der Waals surface area contributed by atoms with Gasteiger partial charge in [-0.25, -0.2) is 4.68 Å². The fourth-order valence-electron chi connectivity index (χ4n) is 2.62. The highest BCUT2D eigenvalue weighted by molar-refractivity contribution is 9.10. The molecule has 3 N–H and O–H groups in total. The van der Waals surface area contributed by atoms with Crippen LogP contribution in [0.1, 0.15) is 10.5 Å². The normalized spacial score (nSPS) is 10.4. The first kappa shape index (κ1) is 20.6. The zero-order valence-corrected chi connectivity index (χ0v) is 17.4. The van der Waals surface area contributed by atoms with Crippen molar-refractivity contribution in [2.75, 3.05) is 17.3 Å². The van der Waals surface area contributed by atoms with Crippen LogP contribution < -0.4 is 16.1 Å². The van der Waals surface area contributed by atoms with Crippen molar-refractivity contribution in [1.82, 2.24) is 9.99 Å². The van der Waals surface area contributed by atoms with Gasteiger partial charge in [-0.2, -0.15) is 0 Å². The molecule has 148 valence electrons. The molecule has 0 aliphatic rings. The summed E-state index contributed by atoms with van der Waals surface area (Å²) in [6.45, 7) is 3.63. The predicted molar refractivity (Wildman–Crippen MR) is 117 cm³/mol. The summed E-state index contributed by atoms with van der Waals surface area (Å²) in [5, 5.41) is 6.16. The number of rotatable bonds is 5. The largest absolute Gasteiger partial charge is 0.344 e. The van der Waals surface area contributed by atoms with Gasteiger partial charge in [-0.1, -0.05) is 45.7 Å². The zero-order chi connectivity index (χ0) is 21.0. The Balaban J connectivity index is 1.97. The molecule has 3 rings (SSSR count). The van der Waals surface area contributed by atoms with E-state index < -0.39 is 17.7 Å². The highest BCUT2D eigenvalue weighted by atomic mass is 79.9. The maximum absolute atomic E-state index is 12.9. The van der Waals surface area contributed by atoms with Crippen molar-refractivity contribution in [2.45, 2.75) is 0 Å². The van der Waals surface area contributed by atoms with E-state index in [0.717, 1.165) is 4.47 Å². The van der Waals surface area contributed by atoms with Crippen molar-refractivity contribution in [3.05, 3.63) is 76.4 Å². The number of fused-ring (bicyclic) bond motifs is 1. The molecule has 3 amide bonds. The Morgan fingerprint density at radius 1 is 1.10 bits per heavy atom. The molecule has 2 aromatic carbocycles. The average molecular weight is 476 g/mol. The van der Waals surface area contributed by atoms with Crippen LogP contribution >= 0.6 is 27.5 Å². The lowest BCUT2D eigenvalue weighted by atomic mass is 10.2. The fraction of sp³-hybridized carbons (Fsp3) is 0.0500. The van der Waals surface area contributed by atoms with Gasteiger partial charge in [-0.15, -0.1) is 6.58 Å². The van der Waals surface area contributed by atoms with Crippen LogP contribution in [0.4, 0.5) is 5.69 Å². The van der Waals surface area contributed by atoms with E-state index in [-0.39, 0.29) is 12.2 Å². The third kappa shape index (κ3) is 4.67. The molecule has 29 heavy (non-hydrogen) atoms. The van der Waals surface area contributed by atoms with Gasteiger partial charge in [0.1, 0.15) is 5.69 Å². The molecule has 9 heteroatoms. The summed E-state index contributed by atoms with van der Waals surface area (Å²) in [6.07, 6.45) is 1.45. The lowest BCUT2D eigenvalue weighted by Crippen LogP contribution is -2.39. The molecule has 0 fully saturated rings. The van der Waals surface area contributed by atoms with Crippen LogP contribution in [0.3, 0.4) is 0 Å². The Kier molecular flexibility index (Phi) is 6.36. The summed E-state index contributed by atoms with van der Waals surface area (Å²) in [5.41, 5.74) is 3.56. The summed E-state index contributed by atoms with van der Waals surface area (Å²) in [6, 6.07) is 13.7. The molecule has 1 aromatic heterocycles. The smallest absolute Gasteiger partial charge is 0.328 e. The highest BCUT2D eigenvalue weighted by Gasteiger charge is 2.21. The SMILES string of the molecule is C=CCNC(=O)C(=O)Nn1c(C(=O)Nc2ccccc2Cl)cc2cc(Br)ccc21. The van der Waals surface area contributed by atoms with Crippen molar-refractivity contribution >= 4 is 61.8 Å². The van der Waals surface area contributed by atoms with Gasteiger partial charge in [-0.3, -0.25) is 19.8 Å². The molecule has 7 nitrogen and oxygen atoms in total. The molecule has 0 unspecified atom stereocenters. The zero-order valence-electron chi connectivity index (χ0n) is 15.0. The summed E-state index contributed by atoms with van der Waals surface area (Å²) < 4.78 is 2.07. The van der Waals surface area contributed by atoms with Crippen LogP contribution in [0, 0.1) is 0 Å². The van der Waals surface area contributed by atoms with E-state index in [0.29, 0.717) is 21.6 Å². The third-order valence-corrected chi connectivity index (χ3v) is 4.77. The number of carbonyl (C=O) groups is 3. The lowest BCUT2D eigenvalue weighted by molar-refractivity contribution is -0.136. The standard InChI is InChI=1S/C20H16BrClN4O3/c1-2-9-23-19(28)20(29)25-26-16-8-7-13(21)10-12(16)11-17(26)18(27)24-15-6-4-3-5-14(15)22/h2-8,10-11H,1,9H2,(H,23,28)(H,24,27)(H,25,29). The second-order valence-electron chi connectivity index (χ2n) is 5.94. The number of nitrogens with one attached hydrogen (secondary N) is 3. The average Bonchev–Trinajstić information content (AvgIpc) is 3.05. The Labute approximate surface area is 179 Å². The number of nitrogens with zero attached hydrogens (tertiary/aromatic N) is 1. The first-order valence-corrected chi connectivity index (χ1v) is 9.64. The number of halogens is 2. The van der Waals surface area contributed by atoms with E-state index >= 15 is 0 Å². The minimum Gasteiger partial charge on any atom is -0.344 e. The van der Waals surface area contributed by atoms with Crippen molar-refractivity contribution in [3.8, 4) is 0 Å². The molecule has 0 aliphatic heterocycles. The molecule has 0 radical (unpaired) electrons. The number of carbonyl (C=O) groups excluding carboxylic acids is 3. The number of hydrogen-bond donors (Lipinski definition) is 3. The van der Waals surface area contributed by atoms with Gasteiger partial charge >= 0.3 is 11.8 Å². The monoisotopic (exact) mass is 474 g/mol. The molecule has 0 atom stereocenters. The van der Waals surface area contributed by atoms with E-state index in [9.17, 15) is 14.4 Å². The molecular weight excluding hydrogens is 460 g/mol. The number of benzene rings is 2. The molecule has 0 saturated carbocycles. The van der Waals surface area contributed by atoms with Gasteiger partial charge in [0.25, 0.3) is 5.91 Å². The molecule has 3 aromatic rings. The molecule has 1 heterocycles. The van der Waals surface area contributed by atoms with E-state index in [2.05, 4.69) is 38.6 Å². The maximum Gasteiger partial charge on any atom is 0.328 e. The van der Waals surface area contributed by atoms with E-state index in [1.165, 1.54) is 10.8 Å². The second kappa shape index (κ2) is 8.93. The summed E-state index contributed by atoms with van der Waals surface area (Å²) in [5.74, 6) is -2.27. The number of anilines is 1. The Morgan fingerprint density at radius 2 is 1.86 bits per heavy atom. The van der Waals surface area contributed by atoms with Crippen LogP contribution in [0.15, 0.2) is 65.7 Å². The van der Waals surface area contributed by atoms with Gasteiger partial charge in [-0.05, 0) is 36.4 Å².